The van der Waals surface area contributed by atoms with Gasteiger partial charge in [-0.2, -0.15) is 0 Å². The minimum Gasteiger partial charge on any atom is -0.353 e. The molecule has 0 aliphatic carbocycles. The molecule has 0 radical (unpaired) electrons. The van der Waals surface area contributed by atoms with Crippen molar-refractivity contribution in [3.8, 4) is 0 Å². The van der Waals surface area contributed by atoms with Gasteiger partial charge in [0.15, 0.2) is 0 Å². The molecule has 1 aromatic carbocycles. The van der Waals surface area contributed by atoms with E-state index in [1.54, 1.807) is 12.1 Å². The molecule has 2 aromatic rings. The molecule has 35 heavy (non-hydrogen) atoms. The number of pyridine rings is 1. The minimum atomic E-state index is -3.38. The van der Waals surface area contributed by atoms with Crippen LogP contribution >= 0.6 is 11.6 Å². The van der Waals surface area contributed by atoms with Gasteiger partial charge in [-0.3, -0.25) is 14.5 Å². The van der Waals surface area contributed by atoms with Crippen molar-refractivity contribution in [1.82, 2.24) is 14.8 Å². The second kappa shape index (κ2) is 11.0. The highest BCUT2D eigenvalue weighted by Gasteiger charge is 2.34. The van der Waals surface area contributed by atoms with Crippen molar-refractivity contribution in [1.29, 1.82) is 0 Å². The third kappa shape index (κ3) is 6.64. The highest BCUT2D eigenvalue weighted by atomic mass is 35.5. The van der Waals surface area contributed by atoms with Crippen LogP contribution in [0.3, 0.4) is 0 Å². The van der Waals surface area contributed by atoms with E-state index in [2.05, 4.69) is 31.3 Å². The number of piperazine rings is 1. The predicted molar refractivity (Wildman–Crippen MR) is 140 cm³/mol. The number of aromatic nitrogens is 1. The Morgan fingerprint density at radius 1 is 1.17 bits per heavy atom. The molecule has 2 aliphatic rings. The van der Waals surface area contributed by atoms with Crippen LogP contribution in [0.15, 0.2) is 30.5 Å². The quantitative estimate of drug-likeness (QED) is 0.589. The number of nitrogens with zero attached hydrogens (tertiary/aromatic N) is 4. The molecular formula is C25H35ClFN5O2S. The molecule has 0 saturated carbocycles. The normalized spacial score (nSPS) is 20.8. The van der Waals surface area contributed by atoms with Crippen LogP contribution in [0.2, 0.25) is 5.02 Å². The average Bonchev–Trinajstić information content (AvgIpc) is 2.80. The van der Waals surface area contributed by atoms with Crippen LogP contribution in [0.4, 0.5) is 15.9 Å². The Balaban J connectivity index is 1.34. The molecule has 0 spiro atoms. The number of aryl methyl sites for hydroxylation is 1. The van der Waals surface area contributed by atoms with E-state index in [4.69, 9.17) is 11.6 Å². The van der Waals surface area contributed by atoms with E-state index in [0.717, 1.165) is 69.4 Å². The fraction of sp³-hybridized carbons (Fsp3) is 0.560. The number of nitrogens with one attached hydrogen (secondary N) is 1. The molecule has 2 fully saturated rings. The van der Waals surface area contributed by atoms with Crippen LogP contribution in [0.5, 0.6) is 0 Å². The molecule has 1 unspecified atom stereocenters. The van der Waals surface area contributed by atoms with Crippen molar-refractivity contribution in [2.24, 2.45) is 0 Å². The van der Waals surface area contributed by atoms with Crippen LogP contribution in [-0.4, -0.2) is 74.3 Å². The SMILES string of the molecule is CCC1CN(c2ncc(NS(C)(=O)=O)cc2Cl)CCN1C1CCN(Cc2ccc(C)cc2F)CC1. The summed E-state index contributed by atoms with van der Waals surface area (Å²) in [6.45, 7) is 9.30. The van der Waals surface area contributed by atoms with Gasteiger partial charge in [0.25, 0.3) is 0 Å². The van der Waals surface area contributed by atoms with Crippen molar-refractivity contribution >= 4 is 33.1 Å². The van der Waals surface area contributed by atoms with Gasteiger partial charge in [0.1, 0.15) is 11.6 Å². The molecule has 0 bridgehead atoms. The number of rotatable bonds is 7. The molecule has 2 aliphatic heterocycles. The van der Waals surface area contributed by atoms with Gasteiger partial charge in [0, 0.05) is 43.8 Å². The lowest BCUT2D eigenvalue weighted by molar-refractivity contribution is 0.0607. The number of piperidine rings is 1. The second-order valence-electron chi connectivity index (χ2n) is 9.75. The second-order valence-corrected chi connectivity index (χ2v) is 11.9. The lowest BCUT2D eigenvalue weighted by Crippen LogP contribution is -2.58. The smallest absolute Gasteiger partial charge is 0.229 e. The maximum Gasteiger partial charge on any atom is 0.229 e. The van der Waals surface area contributed by atoms with E-state index in [-0.39, 0.29) is 5.82 Å². The molecule has 1 N–H and O–H groups in total. The number of halogens is 2. The Hall–Kier alpha value is -1.94. The number of hydrogen-bond donors (Lipinski definition) is 1. The zero-order valence-corrected chi connectivity index (χ0v) is 22.2. The molecule has 192 valence electrons. The number of sulfonamides is 1. The summed E-state index contributed by atoms with van der Waals surface area (Å²) in [5.41, 5.74) is 2.09. The fourth-order valence-corrected chi connectivity index (χ4v) is 6.10. The number of benzene rings is 1. The molecule has 4 rings (SSSR count). The van der Waals surface area contributed by atoms with Gasteiger partial charge in [-0.05, 0) is 57.0 Å². The third-order valence-electron chi connectivity index (χ3n) is 7.05. The lowest BCUT2D eigenvalue weighted by Gasteiger charge is -2.47. The topological polar surface area (TPSA) is 68.8 Å². The van der Waals surface area contributed by atoms with E-state index < -0.39 is 10.0 Å². The minimum absolute atomic E-state index is 0.110. The first-order valence-electron chi connectivity index (χ1n) is 12.2. The summed E-state index contributed by atoms with van der Waals surface area (Å²) in [6.07, 6.45) is 5.80. The summed E-state index contributed by atoms with van der Waals surface area (Å²) in [6, 6.07) is 8.03. The maximum atomic E-state index is 14.3. The van der Waals surface area contributed by atoms with Crippen molar-refractivity contribution < 1.29 is 12.8 Å². The Labute approximate surface area is 213 Å². The highest BCUT2D eigenvalue weighted by Crippen LogP contribution is 2.31. The van der Waals surface area contributed by atoms with Crippen LogP contribution < -0.4 is 9.62 Å². The van der Waals surface area contributed by atoms with Gasteiger partial charge in [-0.15, -0.1) is 0 Å². The Bertz CT molecular complexity index is 1140. The van der Waals surface area contributed by atoms with Gasteiger partial charge in [-0.1, -0.05) is 30.7 Å². The fourth-order valence-electron chi connectivity index (χ4n) is 5.27. The van der Waals surface area contributed by atoms with Crippen molar-refractivity contribution in [3.05, 3.63) is 52.4 Å². The molecule has 2 saturated heterocycles. The summed E-state index contributed by atoms with van der Waals surface area (Å²) in [7, 11) is -3.38. The number of likely N-dealkylation sites (tertiary alicyclic amines) is 1. The summed E-state index contributed by atoms with van der Waals surface area (Å²) in [4.78, 5) is 11.7. The van der Waals surface area contributed by atoms with Gasteiger partial charge in [-0.25, -0.2) is 17.8 Å². The van der Waals surface area contributed by atoms with E-state index in [9.17, 15) is 12.8 Å². The van der Waals surface area contributed by atoms with Crippen molar-refractivity contribution in [3.63, 3.8) is 0 Å². The molecule has 1 atom stereocenters. The van der Waals surface area contributed by atoms with Crippen LogP contribution in [0.25, 0.3) is 0 Å². The van der Waals surface area contributed by atoms with Gasteiger partial charge >= 0.3 is 0 Å². The first-order valence-corrected chi connectivity index (χ1v) is 14.5. The summed E-state index contributed by atoms with van der Waals surface area (Å²) in [5, 5.41) is 0.443. The zero-order chi connectivity index (χ0) is 25.2. The Kier molecular flexibility index (Phi) is 8.20. The van der Waals surface area contributed by atoms with Crippen molar-refractivity contribution in [2.45, 2.75) is 51.7 Å². The van der Waals surface area contributed by atoms with Gasteiger partial charge < -0.3 is 4.90 Å². The van der Waals surface area contributed by atoms with E-state index in [1.165, 1.54) is 6.20 Å². The Morgan fingerprint density at radius 3 is 2.54 bits per heavy atom. The molecule has 10 heteroatoms. The van der Waals surface area contributed by atoms with Crippen LogP contribution in [0, 0.1) is 12.7 Å². The zero-order valence-electron chi connectivity index (χ0n) is 20.7. The molecule has 7 nitrogen and oxygen atoms in total. The number of anilines is 2. The maximum absolute atomic E-state index is 14.3. The first-order chi connectivity index (χ1) is 16.6. The largest absolute Gasteiger partial charge is 0.353 e. The third-order valence-corrected chi connectivity index (χ3v) is 7.94. The first kappa shape index (κ1) is 26.1. The molecule has 3 heterocycles. The summed E-state index contributed by atoms with van der Waals surface area (Å²) in [5.74, 6) is 0.584. The lowest BCUT2D eigenvalue weighted by atomic mass is 9.97. The summed E-state index contributed by atoms with van der Waals surface area (Å²) < 4.78 is 39.7. The molecule has 0 amide bonds. The monoisotopic (exact) mass is 523 g/mol. The Morgan fingerprint density at radius 2 is 1.91 bits per heavy atom. The van der Waals surface area contributed by atoms with Crippen molar-refractivity contribution in [2.75, 3.05) is 48.6 Å². The number of hydrogen-bond acceptors (Lipinski definition) is 6. The highest BCUT2D eigenvalue weighted by molar-refractivity contribution is 7.92. The van der Waals surface area contributed by atoms with Crippen LogP contribution in [-0.2, 0) is 16.6 Å². The predicted octanol–water partition coefficient (Wildman–Crippen LogP) is 4.12. The molecule has 1 aromatic heterocycles. The summed E-state index contributed by atoms with van der Waals surface area (Å²) >= 11 is 6.49. The van der Waals surface area contributed by atoms with E-state index in [1.807, 2.05) is 19.1 Å². The molecular weight excluding hydrogens is 489 g/mol. The van der Waals surface area contributed by atoms with Gasteiger partial charge in [0.05, 0.1) is 23.2 Å². The van der Waals surface area contributed by atoms with E-state index >= 15 is 0 Å². The van der Waals surface area contributed by atoms with Crippen LogP contribution in [0.1, 0.15) is 37.3 Å². The van der Waals surface area contributed by atoms with Gasteiger partial charge in [0.2, 0.25) is 10.0 Å². The average molecular weight is 524 g/mol. The van der Waals surface area contributed by atoms with E-state index in [0.29, 0.717) is 35.2 Å². The standard InChI is InChI=1S/C25H35ClFN5O2S/c1-4-21-17-31(25-23(26)14-20(15-28-25)29-35(3,33)34)11-12-32(21)22-7-9-30(10-8-22)16-19-6-5-18(2)13-24(19)27/h5-6,13-15,21-22,29H,4,7-12,16-17H2,1-3H3.